The maximum atomic E-state index is 13.2. The molecule has 0 saturated carbocycles. The average molecular weight is 562 g/mol. The van der Waals surface area contributed by atoms with Crippen LogP contribution in [0.4, 0.5) is 0 Å². The van der Waals surface area contributed by atoms with Gasteiger partial charge in [0.1, 0.15) is 16.9 Å². The predicted molar refractivity (Wildman–Crippen MR) is 150 cm³/mol. The molecule has 39 heavy (non-hydrogen) atoms. The van der Waals surface area contributed by atoms with Gasteiger partial charge >= 0.3 is 17.2 Å². The van der Waals surface area contributed by atoms with E-state index in [0.29, 0.717) is 62.0 Å². The number of halogens is 2. The minimum atomic E-state index is -1.02. The molecule has 6 aromatic rings. The highest BCUT2D eigenvalue weighted by Gasteiger charge is 2.28. The van der Waals surface area contributed by atoms with Gasteiger partial charge in [0, 0.05) is 34.1 Å². The maximum Gasteiger partial charge on any atom is 0.403 e. The molecule has 0 saturated heterocycles. The number of ether oxygens (including phenoxy) is 1. The van der Waals surface area contributed by atoms with E-state index in [1.807, 2.05) is 41.0 Å². The second-order valence-electron chi connectivity index (χ2n) is 9.19. The van der Waals surface area contributed by atoms with Crippen molar-refractivity contribution >= 4 is 56.7 Å². The average Bonchev–Trinajstić information content (AvgIpc) is 3.40. The largest absolute Gasteiger partial charge is 0.462 e. The molecular weight excluding hydrogens is 541 g/mol. The predicted octanol–water partition coefficient (Wildman–Crippen LogP) is 5.62. The van der Waals surface area contributed by atoms with Crippen LogP contribution in [-0.4, -0.2) is 26.5 Å². The summed E-state index contributed by atoms with van der Waals surface area (Å²) in [6.07, 6.45) is 0.308. The third-order valence-corrected chi connectivity index (χ3v) is 7.44. The summed E-state index contributed by atoms with van der Waals surface area (Å²) in [6.45, 7) is 4.01. The molecular formula is C29H21Cl2N3O5. The Kier molecular flexibility index (Phi) is 6.16. The van der Waals surface area contributed by atoms with Gasteiger partial charge in [0.2, 0.25) is 0 Å². The first-order valence-corrected chi connectivity index (χ1v) is 13.0. The second-order valence-corrected chi connectivity index (χ2v) is 10.0. The van der Waals surface area contributed by atoms with Gasteiger partial charge in [-0.1, -0.05) is 59.6 Å². The number of carbonyl (C=O) groups is 1. The number of nitrogens with zero attached hydrogens (tertiary/aromatic N) is 3. The Morgan fingerprint density at radius 2 is 1.82 bits per heavy atom. The summed E-state index contributed by atoms with van der Waals surface area (Å²) in [7, 11) is 0. The molecule has 8 nitrogen and oxygen atoms in total. The Morgan fingerprint density at radius 3 is 2.54 bits per heavy atom. The highest BCUT2D eigenvalue weighted by Crippen LogP contribution is 2.36. The molecule has 3 aromatic carbocycles. The Balaban J connectivity index is 1.72. The van der Waals surface area contributed by atoms with Crippen LogP contribution >= 0.6 is 23.2 Å². The van der Waals surface area contributed by atoms with Gasteiger partial charge in [-0.25, -0.2) is 14.6 Å². The topological polar surface area (TPSA) is 95.8 Å². The summed E-state index contributed by atoms with van der Waals surface area (Å²) in [5.74, 6) is -0.131. The first kappa shape index (κ1) is 25.2. The van der Waals surface area contributed by atoms with E-state index in [2.05, 4.69) is 0 Å². The van der Waals surface area contributed by atoms with Crippen LogP contribution in [0.15, 0.2) is 68.6 Å². The molecule has 3 heterocycles. The summed E-state index contributed by atoms with van der Waals surface area (Å²) >= 11 is 12.6. The van der Waals surface area contributed by atoms with Gasteiger partial charge in [0.25, 0.3) is 0 Å². The number of esters is 1. The van der Waals surface area contributed by atoms with E-state index < -0.39 is 17.2 Å². The smallest absolute Gasteiger partial charge is 0.403 e. The molecule has 6 rings (SSSR count). The van der Waals surface area contributed by atoms with Crippen molar-refractivity contribution < 1.29 is 13.9 Å². The van der Waals surface area contributed by atoms with Gasteiger partial charge in [-0.3, -0.25) is 9.20 Å². The SMILES string of the molecule is CCOC(=O)c1c(C)n(Cc2ccc(Cl)cc2Cl)c2c1cc1oc(=O)c(=O)n3c(Cc4ccccc4)nc2c13. The van der Waals surface area contributed by atoms with E-state index in [-0.39, 0.29) is 12.2 Å². The van der Waals surface area contributed by atoms with Crippen molar-refractivity contribution in [3.63, 3.8) is 0 Å². The normalized spacial score (nSPS) is 11.7. The monoisotopic (exact) mass is 561 g/mol. The Hall–Kier alpha value is -4.14. The van der Waals surface area contributed by atoms with Crippen LogP contribution in [0.1, 0.15) is 39.9 Å². The lowest BCUT2D eigenvalue weighted by Gasteiger charge is -2.11. The third-order valence-electron chi connectivity index (χ3n) is 6.85. The summed E-state index contributed by atoms with van der Waals surface area (Å²) in [5.41, 5.74) is 2.33. The number of benzene rings is 3. The lowest BCUT2D eigenvalue weighted by atomic mass is 10.1. The zero-order valence-electron chi connectivity index (χ0n) is 21.0. The molecule has 0 aliphatic rings. The number of imidazole rings is 1. The van der Waals surface area contributed by atoms with Crippen molar-refractivity contribution in [2.45, 2.75) is 26.8 Å². The van der Waals surface area contributed by atoms with Crippen LogP contribution in [0.5, 0.6) is 0 Å². The molecule has 0 radical (unpaired) electrons. The van der Waals surface area contributed by atoms with E-state index in [4.69, 9.17) is 37.3 Å². The summed E-state index contributed by atoms with van der Waals surface area (Å²) in [5, 5.41) is 1.47. The van der Waals surface area contributed by atoms with Gasteiger partial charge in [0.15, 0.2) is 5.58 Å². The van der Waals surface area contributed by atoms with Crippen molar-refractivity contribution in [2.75, 3.05) is 6.61 Å². The Labute approximate surface area is 231 Å². The summed E-state index contributed by atoms with van der Waals surface area (Å²) in [6, 6.07) is 16.3. The minimum Gasteiger partial charge on any atom is -0.462 e. The van der Waals surface area contributed by atoms with E-state index >= 15 is 0 Å². The zero-order valence-corrected chi connectivity index (χ0v) is 22.5. The van der Waals surface area contributed by atoms with Crippen LogP contribution in [0.2, 0.25) is 10.0 Å². The molecule has 0 amide bonds. The van der Waals surface area contributed by atoms with Crippen LogP contribution in [0.3, 0.4) is 0 Å². The second kappa shape index (κ2) is 9.55. The fraction of sp³-hybridized carbons (Fsp3) is 0.172. The summed E-state index contributed by atoms with van der Waals surface area (Å²) < 4.78 is 14.0. The van der Waals surface area contributed by atoms with Crippen molar-refractivity contribution in [1.82, 2.24) is 14.0 Å². The van der Waals surface area contributed by atoms with Crippen molar-refractivity contribution in [2.24, 2.45) is 0 Å². The summed E-state index contributed by atoms with van der Waals surface area (Å²) in [4.78, 5) is 43.7. The van der Waals surface area contributed by atoms with E-state index in [0.717, 1.165) is 11.1 Å². The van der Waals surface area contributed by atoms with E-state index in [1.54, 1.807) is 32.0 Å². The van der Waals surface area contributed by atoms with Gasteiger partial charge in [0.05, 0.1) is 17.7 Å². The Morgan fingerprint density at radius 1 is 1.05 bits per heavy atom. The Bertz CT molecular complexity index is 2030. The highest BCUT2D eigenvalue weighted by molar-refractivity contribution is 6.35. The number of rotatable bonds is 6. The molecule has 0 atom stereocenters. The minimum absolute atomic E-state index is 0.154. The van der Waals surface area contributed by atoms with Gasteiger partial charge < -0.3 is 13.7 Å². The quantitative estimate of drug-likeness (QED) is 0.193. The number of hydrogen-bond donors (Lipinski definition) is 0. The number of aromatic nitrogens is 3. The van der Waals surface area contributed by atoms with Crippen LogP contribution in [-0.2, 0) is 17.7 Å². The molecule has 0 aliphatic heterocycles. The molecule has 0 aliphatic carbocycles. The lowest BCUT2D eigenvalue weighted by Crippen LogP contribution is -2.30. The fourth-order valence-corrected chi connectivity index (χ4v) is 5.59. The molecule has 0 bridgehead atoms. The van der Waals surface area contributed by atoms with Gasteiger partial charge in [-0.2, -0.15) is 0 Å². The molecule has 10 heteroatoms. The van der Waals surface area contributed by atoms with E-state index in [1.165, 1.54) is 4.40 Å². The standard InChI is InChI=1S/C29H21Cl2N3O5/c1-3-38-28(36)23-15(2)33(14-17-9-10-18(30)12-20(17)31)25-19(23)13-21-26-24(25)32-22(11-16-7-5-4-6-8-16)34(26)27(35)29(37)39-21/h4-10,12-13H,3,11,14H2,1-2H3. The van der Waals surface area contributed by atoms with E-state index in [9.17, 15) is 14.4 Å². The number of carbonyl (C=O) groups excluding carboxylic acids is 1. The van der Waals surface area contributed by atoms with Gasteiger partial charge in [-0.15, -0.1) is 0 Å². The van der Waals surface area contributed by atoms with Crippen molar-refractivity contribution in [3.05, 3.63) is 114 Å². The molecule has 3 aromatic heterocycles. The van der Waals surface area contributed by atoms with Crippen LogP contribution in [0, 0.1) is 6.92 Å². The van der Waals surface area contributed by atoms with Crippen molar-refractivity contribution in [1.29, 1.82) is 0 Å². The third kappa shape index (κ3) is 4.07. The molecule has 0 spiro atoms. The highest BCUT2D eigenvalue weighted by atomic mass is 35.5. The first-order valence-electron chi connectivity index (χ1n) is 12.3. The zero-order chi connectivity index (χ0) is 27.4. The lowest BCUT2D eigenvalue weighted by molar-refractivity contribution is 0.0527. The van der Waals surface area contributed by atoms with Crippen LogP contribution in [0.25, 0.3) is 27.5 Å². The van der Waals surface area contributed by atoms with Crippen LogP contribution < -0.4 is 11.2 Å². The number of hydrogen-bond acceptors (Lipinski definition) is 6. The maximum absolute atomic E-state index is 13.2. The van der Waals surface area contributed by atoms with Crippen molar-refractivity contribution in [3.8, 4) is 0 Å². The molecule has 0 N–H and O–H groups in total. The molecule has 0 fully saturated rings. The molecule has 0 unspecified atom stereocenters. The molecule has 196 valence electrons. The van der Waals surface area contributed by atoms with Gasteiger partial charge in [-0.05, 0) is 43.2 Å². The number of fused-ring (bicyclic) bond motifs is 2. The fourth-order valence-electron chi connectivity index (χ4n) is 5.12. The first-order chi connectivity index (χ1) is 18.8.